The molecule has 0 amide bonds. The Labute approximate surface area is 105 Å². The van der Waals surface area contributed by atoms with Crippen molar-refractivity contribution in [2.75, 3.05) is 33.7 Å². The summed E-state index contributed by atoms with van der Waals surface area (Å²) >= 11 is 0. The van der Waals surface area contributed by atoms with Gasteiger partial charge in [-0.15, -0.1) is 0 Å². The van der Waals surface area contributed by atoms with Gasteiger partial charge in [0.1, 0.15) is 5.79 Å². The van der Waals surface area contributed by atoms with Crippen molar-refractivity contribution < 1.29 is 0 Å². The van der Waals surface area contributed by atoms with Gasteiger partial charge in [-0.3, -0.25) is 15.1 Å². The zero-order chi connectivity index (χ0) is 13.0. The van der Waals surface area contributed by atoms with Gasteiger partial charge in [-0.1, -0.05) is 34.6 Å². The number of rotatable bonds is 7. The molecule has 0 rings (SSSR count). The van der Waals surface area contributed by atoms with Crippen molar-refractivity contribution in [3.63, 3.8) is 0 Å². The van der Waals surface area contributed by atoms with E-state index in [1.165, 1.54) is 0 Å². The predicted molar refractivity (Wildman–Crippen MR) is 77.0 cm³/mol. The molecule has 0 bridgehead atoms. The standard InChI is InChI=1S/C12H31N3Si/c1-8-13-12(14(6)7,11(4,5)16)15(9-2)10-3/h13H,8-10H2,1-7,16H3. The molecule has 0 aliphatic heterocycles. The van der Waals surface area contributed by atoms with Gasteiger partial charge in [-0.2, -0.15) is 0 Å². The van der Waals surface area contributed by atoms with E-state index in [1.807, 2.05) is 0 Å². The first-order chi connectivity index (χ1) is 7.27. The molecular formula is C12H31N3Si. The summed E-state index contributed by atoms with van der Waals surface area (Å²) in [5.41, 5.74) is 0. The van der Waals surface area contributed by atoms with E-state index in [1.54, 1.807) is 0 Å². The minimum Gasteiger partial charge on any atom is -0.287 e. The van der Waals surface area contributed by atoms with Crippen LogP contribution in [0.2, 0.25) is 5.04 Å². The lowest BCUT2D eigenvalue weighted by molar-refractivity contribution is -0.0815. The molecule has 0 radical (unpaired) electrons. The summed E-state index contributed by atoms with van der Waals surface area (Å²) < 4.78 is 0. The van der Waals surface area contributed by atoms with Gasteiger partial charge in [0.15, 0.2) is 0 Å². The molecule has 98 valence electrons. The van der Waals surface area contributed by atoms with Crippen LogP contribution >= 0.6 is 0 Å². The number of hydrogen-bond donors (Lipinski definition) is 1. The van der Waals surface area contributed by atoms with Gasteiger partial charge in [0.05, 0.1) is 0 Å². The van der Waals surface area contributed by atoms with Crippen LogP contribution in [0.25, 0.3) is 0 Å². The van der Waals surface area contributed by atoms with Crippen molar-refractivity contribution in [2.45, 2.75) is 45.4 Å². The van der Waals surface area contributed by atoms with Crippen LogP contribution in [-0.4, -0.2) is 59.6 Å². The molecular weight excluding hydrogens is 214 g/mol. The summed E-state index contributed by atoms with van der Waals surface area (Å²) in [6.45, 7) is 14.6. The maximum atomic E-state index is 3.72. The molecule has 1 unspecified atom stereocenters. The van der Waals surface area contributed by atoms with Crippen molar-refractivity contribution >= 4 is 10.2 Å². The first-order valence-corrected chi connectivity index (χ1v) is 7.45. The molecule has 0 heterocycles. The molecule has 0 fully saturated rings. The summed E-state index contributed by atoms with van der Waals surface area (Å²) in [5, 5.41) is 4.01. The van der Waals surface area contributed by atoms with Crippen molar-refractivity contribution in [3.05, 3.63) is 0 Å². The third-order valence-electron chi connectivity index (χ3n) is 3.34. The quantitative estimate of drug-likeness (QED) is 0.527. The Balaban J connectivity index is 5.41. The molecule has 1 atom stereocenters. The fraction of sp³-hybridized carbons (Fsp3) is 1.00. The maximum Gasteiger partial charge on any atom is 0.129 e. The minimum atomic E-state index is -0.0164. The van der Waals surface area contributed by atoms with E-state index in [0.29, 0.717) is 5.04 Å². The second-order valence-electron chi connectivity index (χ2n) is 5.52. The van der Waals surface area contributed by atoms with E-state index < -0.39 is 0 Å². The second kappa shape index (κ2) is 6.14. The first kappa shape index (κ1) is 16.1. The Bertz CT molecular complexity index is 197. The lowest BCUT2D eigenvalue weighted by Crippen LogP contribution is -2.71. The highest BCUT2D eigenvalue weighted by Crippen LogP contribution is 2.38. The van der Waals surface area contributed by atoms with Crippen molar-refractivity contribution in [3.8, 4) is 0 Å². The van der Waals surface area contributed by atoms with Gasteiger partial charge in [-0.25, -0.2) is 0 Å². The van der Waals surface area contributed by atoms with Crippen LogP contribution in [0.5, 0.6) is 0 Å². The predicted octanol–water partition coefficient (Wildman–Crippen LogP) is 0.717. The molecule has 0 spiro atoms. The smallest absolute Gasteiger partial charge is 0.129 e. The molecule has 0 aliphatic carbocycles. The third kappa shape index (κ3) is 2.86. The van der Waals surface area contributed by atoms with Crippen LogP contribution in [-0.2, 0) is 0 Å². The summed E-state index contributed by atoms with van der Waals surface area (Å²) in [6, 6.07) is 0. The minimum absolute atomic E-state index is 0.0164. The van der Waals surface area contributed by atoms with Crippen LogP contribution in [0.1, 0.15) is 34.6 Å². The van der Waals surface area contributed by atoms with Gasteiger partial charge in [-0.05, 0) is 38.8 Å². The van der Waals surface area contributed by atoms with Gasteiger partial charge in [0, 0.05) is 10.2 Å². The van der Waals surface area contributed by atoms with Crippen LogP contribution in [0.4, 0.5) is 0 Å². The highest BCUT2D eigenvalue weighted by atomic mass is 28.1. The van der Waals surface area contributed by atoms with Gasteiger partial charge < -0.3 is 0 Å². The molecule has 16 heavy (non-hydrogen) atoms. The van der Waals surface area contributed by atoms with E-state index in [9.17, 15) is 0 Å². The molecule has 0 saturated carbocycles. The van der Waals surface area contributed by atoms with E-state index >= 15 is 0 Å². The third-order valence-corrected chi connectivity index (χ3v) is 4.03. The number of nitrogens with zero attached hydrogens (tertiary/aromatic N) is 2. The number of hydrogen-bond acceptors (Lipinski definition) is 3. The summed E-state index contributed by atoms with van der Waals surface area (Å²) in [4.78, 5) is 4.88. The number of nitrogens with one attached hydrogen (secondary N) is 1. The average molecular weight is 245 g/mol. The highest BCUT2D eigenvalue weighted by Gasteiger charge is 2.46. The Morgan fingerprint density at radius 1 is 1.06 bits per heavy atom. The van der Waals surface area contributed by atoms with Crippen molar-refractivity contribution in [1.29, 1.82) is 0 Å². The highest BCUT2D eigenvalue weighted by molar-refractivity contribution is 6.15. The maximum absolute atomic E-state index is 3.72. The van der Waals surface area contributed by atoms with Crippen LogP contribution in [0.15, 0.2) is 0 Å². The fourth-order valence-corrected chi connectivity index (χ4v) is 3.83. The Kier molecular flexibility index (Phi) is 6.18. The Morgan fingerprint density at radius 2 is 1.50 bits per heavy atom. The lowest BCUT2D eigenvalue weighted by atomic mass is 9.99. The largest absolute Gasteiger partial charge is 0.287 e. The topological polar surface area (TPSA) is 18.5 Å². The molecule has 4 heteroatoms. The summed E-state index contributed by atoms with van der Waals surface area (Å²) in [7, 11) is 5.52. The molecule has 0 aromatic rings. The summed E-state index contributed by atoms with van der Waals surface area (Å²) in [6.07, 6.45) is 0. The van der Waals surface area contributed by atoms with Crippen molar-refractivity contribution in [2.24, 2.45) is 0 Å². The van der Waals surface area contributed by atoms with E-state index in [4.69, 9.17) is 0 Å². The summed E-state index contributed by atoms with van der Waals surface area (Å²) in [5.74, 6) is -0.0164. The Morgan fingerprint density at radius 3 is 1.69 bits per heavy atom. The van der Waals surface area contributed by atoms with E-state index in [0.717, 1.165) is 29.9 Å². The Hall–Kier alpha value is 0.0969. The second-order valence-corrected chi connectivity index (χ2v) is 8.02. The first-order valence-electron chi connectivity index (χ1n) is 6.45. The molecule has 0 aromatic carbocycles. The SMILES string of the molecule is CCNC(N(C)C)(N(CC)CC)C(C)(C)[SiH3]. The zero-order valence-corrected chi connectivity index (χ0v) is 14.5. The van der Waals surface area contributed by atoms with Gasteiger partial charge >= 0.3 is 0 Å². The van der Waals surface area contributed by atoms with Crippen LogP contribution in [0.3, 0.4) is 0 Å². The lowest BCUT2D eigenvalue weighted by Gasteiger charge is -2.56. The molecule has 3 nitrogen and oxygen atoms in total. The van der Waals surface area contributed by atoms with Gasteiger partial charge in [0.25, 0.3) is 0 Å². The van der Waals surface area contributed by atoms with Crippen LogP contribution in [0, 0.1) is 0 Å². The van der Waals surface area contributed by atoms with Crippen molar-refractivity contribution in [1.82, 2.24) is 15.1 Å². The molecule has 0 aliphatic rings. The molecule has 0 aromatic heterocycles. The molecule has 0 saturated heterocycles. The fourth-order valence-electron chi connectivity index (χ4n) is 2.89. The van der Waals surface area contributed by atoms with E-state index in [-0.39, 0.29) is 5.79 Å². The monoisotopic (exact) mass is 245 g/mol. The molecule has 1 N–H and O–H groups in total. The van der Waals surface area contributed by atoms with E-state index in [2.05, 4.69) is 63.8 Å². The normalized spacial score (nSPS) is 17.1. The van der Waals surface area contributed by atoms with Gasteiger partial charge in [0.2, 0.25) is 0 Å². The van der Waals surface area contributed by atoms with Crippen LogP contribution < -0.4 is 5.32 Å². The average Bonchev–Trinajstić information content (AvgIpc) is 2.15. The zero-order valence-electron chi connectivity index (χ0n) is 12.5.